The molecule has 2 aromatic carbocycles. The summed E-state index contributed by atoms with van der Waals surface area (Å²) in [6.07, 6.45) is -5.18. The van der Waals surface area contributed by atoms with E-state index >= 15 is 0 Å². The lowest BCUT2D eigenvalue weighted by Crippen LogP contribution is -2.55. The summed E-state index contributed by atoms with van der Waals surface area (Å²) in [5, 5.41) is 55.8. The molecule has 0 bridgehead atoms. The number of aliphatic carboxylic acids is 1. The number of hydrogen-bond donors (Lipinski definition) is 8. The average Bonchev–Trinajstić information content (AvgIpc) is 3.10. The molecule has 0 spiro atoms. The Balaban J connectivity index is 1.58. The van der Waals surface area contributed by atoms with Gasteiger partial charge in [0.05, 0.1) is 50.2 Å². The van der Waals surface area contributed by atoms with E-state index in [2.05, 4.69) is 10.6 Å². The average molecular weight is 541 g/mol. The second kappa shape index (κ2) is 12.0. The largest absolute Gasteiger partial charge is 0.479 e. The highest BCUT2D eigenvalue weighted by atomic mass is 31.2. The summed E-state index contributed by atoms with van der Waals surface area (Å²) < 4.78 is 17.5. The van der Waals surface area contributed by atoms with Crippen molar-refractivity contribution in [3.05, 3.63) is 48.0 Å². The number of carboxylic acid groups (broad SMARTS) is 1. The zero-order valence-corrected chi connectivity index (χ0v) is 21.1. The van der Waals surface area contributed by atoms with Crippen LogP contribution in [0.25, 0.3) is 10.8 Å². The molecule has 1 aliphatic heterocycles. The topological polar surface area (TPSA) is 206 Å². The number of fused-ring (bicyclic) bond motifs is 1. The van der Waals surface area contributed by atoms with Crippen LogP contribution in [0.1, 0.15) is 18.9 Å². The Morgan fingerprint density at radius 2 is 1.78 bits per heavy atom. The highest BCUT2D eigenvalue weighted by Crippen LogP contribution is 2.44. The van der Waals surface area contributed by atoms with E-state index in [0.717, 1.165) is 17.7 Å². The van der Waals surface area contributed by atoms with Gasteiger partial charge >= 0.3 is 13.6 Å². The molecule has 2 unspecified atom stereocenters. The van der Waals surface area contributed by atoms with E-state index in [-0.39, 0.29) is 12.8 Å². The van der Waals surface area contributed by atoms with Crippen molar-refractivity contribution in [1.29, 1.82) is 0 Å². The van der Waals surface area contributed by atoms with Crippen LogP contribution in [0.4, 0.5) is 0 Å². The molecule has 3 rings (SSSR count). The van der Waals surface area contributed by atoms with E-state index in [9.17, 15) is 44.6 Å². The first-order valence-corrected chi connectivity index (χ1v) is 13.5. The zero-order valence-electron chi connectivity index (χ0n) is 20.2. The SMILES string of the molecule is CC(COP(=O)(O)C[C@H](O)C[C@H]1N[C@H](CO)[C@@H](O)[C@@H]1O)(NC(=O)Cc1cccc2ccccc12)C(=O)O. The molecule has 2 aromatic rings. The Morgan fingerprint density at radius 1 is 1.14 bits per heavy atom. The first-order valence-electron chi connectivity index (χ1n) is 11.7. The third-order valence-electron chi connectivity index (χ3n) is 6.44. The van der Waals surface area contributed by atoms with Gasteiger partial charge in [-0.3, -0.25) is 9.36 Å². The Bertz CT molecular complexity index is 1160. The number of carbonyl (C=O) groups excluding carboxylic acids is 1. The fourth-order valence-corrected chi connectivity index (χ4v) is 5.60. The van der Waals surface area contributed by atoms with Gasteiger partial charge in [0.15, 0.2) is 5.54 Å². The number of aliphatic hydroxyl groups is 4. The molecule has 0 aliphatic carbocycles. The van der Waals surface area contributed by atoms with Gasteiger partial charge in [-0.1, -0.05) is 42.5 Å². The molecular formula is C24H33N2O10P. The van der Waals surface area contributed by atoms with Crippen molar-refractivity contribution in [2.75, 3.05) is 19.4 Å². The maximum absolute atomic E-state index is 12.7. The number of carbonyl (C=O) groups is 2. The van der Waals surface area contributed by atoms with Crippen molar-refractivity contribution >= 4 is 30.2 Å². The van der Waals surface area contributed by atoms with E-state index in [4.69, 9.17) is 4.52 Å². The van der Waals surface area contributed by atoms with Gasteiger partial charge in [0.1, 0.15) is 0 Å². The predicted octanol–water partition coefficient (Wildman–Crippen LogP) is -0.651. The number of benzene rings is 2. The molecule has 1 amide bonds. The van der Waals surface area contributed by atoms with E-state index in [1.54, 1.807) is 12.1 Å². The standard InChI is InChI=1S/C24H33N2O10P/c1-24(23(32)33,26-20(29)9-15-7-4-6-14-5-2-3-8-17(14)15)13-36-37(34,35)12-16(28)10-18-21(30)22(31)19(11-27)25-18/h2-8,16,18-19,21-22,25,27-28,30-31H,9-13H2,1H3,(H,26,29)(H,32,33)(H,34,35)/t16-,18-,19-,21-,22-,24?/m1/s1. The van der Waals surface area contributed by atoms with Crippen LogP contribution in [0.5, 0.6) is 0 Å². The summed E-state index contributed by atoms with van der Waals surface area (Å²) in [5.74, 6) is -2.11. The Kier molecular flexibility index (Phi) is 9.43. The third kappa shape index (κ3) is 7.34. The summed E-state index contributed by atoms with van der Waals surface area (Å²) in [7, 11) is -4.53. The number of amides is 1. The highest BCUT2D eigenvalue weighted by molar-refractivity contribution is 7.52. The molecule has 37 heavy (non-hydrogen) atoms. The molecule has 13 heteroatoms. The Morgan fingerprint density at radius 3 is 2.43 bits per heavy atom. The molecule has 1 saturated heterocycles. The number of aliphatic hydroxyl groups excluding tert-OH is 4. The zero-order chi connectivity index (χ0) is 27.4. The van der Waals surface area contributed by atoms with E-state index in [1.807, 2.05) is 30.3 Å². The first-order chi connectivity index (χ1) is 17.3. The van der Waals surface area contributed by atoms with Crippen LogP contribution in [0.3, 0.4) is 0 Å². The fraction of sp³-hybridized carbons (Fsp3) is 0.500. The minimum atomic E-state index is -4.53. The molecule has 0 radical (unpaired) electrons. The minimum absolute atomic E-state index is 0.128. The van der Waals surface area contributed by atoms with Crippen LogP contribution in [-0.4, -0.2) is 97.6 Å². The number of nitrogens with one attached hydrogen (secondary N) is 2. The van der Waals surface area contributed by atoms with Crippen molar-refractivity contribution in [3.8, 4) is 0 Å². The van der Waals surface area contributed by atoms with Crippen LogP contribution in [0.2, 0.25) is 0 Å². The van der Waals surface area contributed by atoms with Gasteiger partial charge in [-0.15, -0.1) is 0 Å². The van der Waals surface area contributed by atoms with Crippen molar-refractivity contribution in [2.24, 2.45) is 0 Å². The lowest BCUT2D eigenvalue weighted by molar-refractivity contribution is -0.148. The van der Waals surface area contributed by atoms with Crippen molar-refractivity contribution in [3.63, 3.8) is 0 Å². The molecule has 1 fully saturated rings. The molecule has 1 aliphatic rings. The van der Waals surface area contributed by atoms with Crippen molar-refractivity contribution in [2.45, 2.75) is 55.7 Å². The highest BCUT2D eigenvalue weighted by Gasteiger charge is 2.43. The van der Waals surface area contributed by atoms with Gasteiger partial charge in [-0.05, 0) is 29.7 Å². The molecular weight excluding hydrogens is 507 g/mol. The summed E-state index contributed by atoms with van der Waals surface area (Å²) in [6, 6.07) is 11.2. The summed E-state index contributed by atoms with van der Waals surface area (Å²) in [6.45, 7) is -0.159. The van der Waals surface area contributed by atoms with Gasteiger partial charge in [-0.25, -0.2) is 4.79 Å². The molecule has 8 N–H and O–H groups in total. The molecule has 204 valence electrons. The smallest absolute Gasteiger partial charge is 0.331 e. The van der Waals surface area contributed by atoms with E-state index in [1.165, 1.54) is 0 Å². The Labute approximate surface area is 213 Å². The molecule has 12 nitrogen and oxygen atoms in total. The van der Waals surface area contributed by atoms with Crippen LogP contribution < -0.4 is 10.6 Å². The predicted molar refractivity (Wildman–Crippen MR) is 133 cm³/mol. The van der Waals surface area contributed by atoms with Gasteiger partial charge in [0.25, 0.3) is 0 Å². The number of hydrogen-bond acceptors (Lipinski definition) is 9. The third-order valence-corrected chi connectivity index (χ3v) is 7.86. The van der Waals surface area contributed by atoms with Crippen LogP contribution in [0.15, 0.2) is 42.5 Å². The maximum Gasteiger partial charge on any atom is 0.331 e. The molecule has 0 aromatic heterocycles. The van der Waals surface area contributed by atoms with Crippen molar-refractivity contribution in [1.82, 2.24) is 10.6 Å². The molecule has 1 heterocycles. The van der Waals surface area contributed by atoms with Crippen molar-refractivity contribution < 1.29 is 49.1 Å². The molecule has 0 saturated carbocycles. The van der Waals surface area contributed by atoms with Crippen LogP contribution >= 0.6 is 7.60 Å². The van der Waals surface area contributed by atoms with Gasteiger partial charge in [0.2, 0.25) is 5.91 Å². The summed E-state index contributed by atoms with van der Waals surface area (Å²) in [4.78, 5) is 34.8. The van der Waals surface area contributed by atoms with Gasteiger partial charge in [0, 0.05) is 6.04 Å². The summed E-state index contributed by atoms with van der Waals surface area (Å²) in [5.41, 5.74) is -1.36. The lowest BCUT2D eigenvalue weighted by atomic mass is 10.00. The first kappa shape index (κ1) is 29.2. The number of rotatable bonds is 12. The lowest BCUT2D eigenvalue weighted by Gasteiger charge is -2.28. The molecule has 7 atom stereocenters. The quantitative estimate of drug-likeness (QED) is 0.159. The second-order valence-electron chi connectivity index (χ2n) is 9.53. The second-order valence-corrected chi connectivity index (χ2v) is 11.4. The monoisotopic (exact) mass is 540 g/mol. The fourth-order valence-electron chi connectivity index (χ4n) is 4.36. The number of carboxylic acids is 1. The minimum Gasteiger partial charge on any atom is -0.479 e. The normalized spacial score (nSPS) is 25.8. The van der Waals surface area contributed by atoms with Gasteiger partial charge < -0.3 is 45.6 Å². The van der Waals surface area contributed by atoms with Crippen LogP contribution in [0, 0.1) is 0 Å². The van der Waals surface area contributed by atoms with Gasteiger partial charge in [-0.2, -0.15) is 0 Å². The van der Waals surface area contributed by atoms with E-state index in [0.29, 0.717) is 5.56 Å². The maximum atomic E-state index is 12.7. The Hall–Kier alpha value is -2.41. The van der Waals surface area contributed by atoms with E-state index < -0.39 is 74.8 Å². The van der Waals surface area contributed by atoms with Crippen LogP contribution in [-0.2, 0) is 25.1 Å². The summed E-state index contributed by atoms with van der Waals surface area (Å²) >= 11 is 0.